The first-order chi connectivity index (χ1) is 7.72. The highest BCUT2D eigenvalue weighted by Crippen LogP contribution is 1.99. The Labute approximate surface area is 97.8 Å². The molecule has 4 nitrogen and oxygen atoms in total. The Morgan fingerprint density at radius 1 is 1.50 bits per heavy atom. The zero-order chi connectivity index (χ0) is 11.8. The number of aromatic nitrogens is 2. The smallest absolute Gasteiger partial charge is 0.0950 e. The van der Waals surface area contributed by atoms with Crippen LogP contribution in [0.1, 0.15) is 32.4 Å². The third-order valence-electron chi connectivity index (χ3n) is 2.35. The quantitative estimate of drug-likeness (QED) is 0.684. The van der Waals surface area contributed by atoms with Gasteiger partial charge in [-0.2, -0.15) is 0 Å². The Bertz CT molecular complexity index is 284. The van der Waals surface area contributed by atoms with Gasteiger partial charge in [-0.05, 0) is 13.3 Å². The molecule has 4 heteroatoms. The Kier molecular flexibility index (Phi) is 6.11. The first kappa shape index (κ1) is 13.2. The predicted molar refractivity (Wildman–Crippen MR) is 65.3 cm³/mol. The Balaban J connectivity index is 2.19. The van der Waals surface area contributed by atoms with Crippen molar-refractivity contribution in [1.29, 1.82) is 0 Å². The van der Waals surface area contributed by atoms with Crippen LogP contribution in [0.2, 0.25) is 0 Å². The minimum atomic E-state index is 0.171. The maximum absolute atomic E-state index is 5.71. The number of rotatable bonds is 8. The molecule has 1 aromatic heterocycles. The van der Waals surface area contributed by atoms with Crippen LogP contribution in [0.25, 0.3) is 0 Å². The molecule has 0 radical (unpaired) electrons. The molecule has 0 bridgehead atoms. The van der Waals surface area contributed by atoms with Gasteiger partial charge in [0.1, 0.15) is 0 Å². The van der Waals surface area contributed by atoms with Crippen LogP contribution >= 0.6 is 0 Å². The summed E-state index contributed by atoms with van der Waals surface area (Å²) in [5, 5.41) is 0. The van der Waals surface area contributed by atoms with Crippen molar-refractivity contribution in [3.8, 4) is 0 Å². The number of ether oxygens (including phenoxy) is 1. The molecule has 0 fully saturated rings. The Morgan fingerprint density at radius 2 is 2.31 bits per heavy atom. The first-order valence-corrected chi connectivity index (χ1v) is 6.06. The highest BCUT2D eigenvalue weighted by atomic mass is 16.5. The van der Waals surface area contributed by atoms with Crippen LogP contribution in [-0.2, 0) is 17.7 Å². The van der Waals surface area contributed by atoms with Crippen LogP contribution in [0, 0.1) is 0 Å². The van der Waals surface area contributed by atoms with Crippen molar-refractivity contribution in [2.45, 2.75) is 45.7 Å². The Hall–Kier alpha value is -0.870. The van der Waals surface area contributed by atoms with E-state index >= 15 is 0 Å². The number of hydrogen-bond donors (Lipinski definition) is 1. The fraction of sp³-hybridized carbons (Fsp3) is 0.750. The summed E-state index contributed by atoms with van der Waals surface area (Å²) in [6.07, 6.45) is 7.06. The maximum atomic E-state index is 5.71. The average Bonchev–Trinajstić information content (AvgIpc) is 2.64. The number of unbranched alkanes of at least 4 members (excludes halogenated alkanes) is 1. The van der Waals surface area contributed by atoms with E-state index in [0.717, 1.165) is 38.3 Å². The van der Waals surface area contributed by atoms with E-state index in [-0.39, 0.29) is 6.04 Å². The van der Waals surface area contributed by atoms with Crippen molar-refractivity contribution < 1.29 is 4.74 Å². The summed E-state index contributed by atoms with van der Waals surface area (Å²) < 4.78 is 7.55. The monoisotopic (exact) mass is 225 g/mol. The van der Waals surface area contributed by atoms with E-state index in [4.69, 9.17) is 10.5 Å². The van der Waals surface area contributed by atoms with E-state index < -0.39 is 0 Å². The zero-order valence-electron chi connectivity index (χ0n) is 10.4. The summed E-state index contributed by atoms with van der Waals surface area (Å²) in [5.74, 6) is 0. The lowest BCUT2D eigenvalue weighted by Crippen LogP contribution is -2.17. The van der Waals surface area contributed by atoms with Crippen LogP contribution in [-0.4, -0.2) is 28.8 Å². The number of imidazole rings is 1. The van der Waals surface area contributed by atoms with E-state index in [1.807, 2.05) is 19.4 Å². The van der Waals surface area contributed by atoms with Crippen LogP contribution in [0.3, 0.4) is 0 Å². The third-order valence-corrected chi connectivity index (χ3v) is 2.35. The molecule has 1 atom stereocenters. The van der Waals surface area contributed by atoms with Crippen LogP contribution in [0.5, 0.6) is 0 Å². The molecule has 92 valence electrons. The third kappa shape index (κ3) is 5.28. The highest BCUT2D eigenvalue weighted by Gasteiger charge is 2.01. The summed E-state index contributed by atoms with van der Waals surface area (Å²) >= 11 is 0. The molecule has 1 heterocycles. The van der Waals surface area contributed by atoms with E-state index in [0.29, 0.717) is 0 Å². The molecule has 0 aliphatic rings. The summed E-state index contributed by atoms with van der Waals surface area (Å²) in [7, 11) is 0. The second-order valence-electron chi connectivity index (χ2n) is 4.25. The summed E-state index contributed by atoms with van der Waals surface area (Å²) in [6, 6.07) is 0.171. The lowest BCUT2D eigenvalue weighted by Gasteiger charge is -2.04. The van der Waals surface area contributed by atoms with Gasteiger partial charge in [-0.15, -0.1) is 0 Å². The molecule has 0 aromatic carbocycles. The van der Waals surface area contributed by atoms with Gasteiger partial charge in [0.25, 0.3) is 0 Å². The van der Waals surface area contributed by atoms with E-state index in [2.05, 4.69) is 16.5 Å². The lowest BCUT2D eigenvalue weighted by atomic mass is 10.2. The minimum absolute atomic E-state index is 0.171. The van der Waals surface area contributed by atoms with Gasteiger partial charge in [0.2, 0.25) is 0 Å². The van der Waals surface area contributed by atoms with Gasteiger partial charge in [0, 0.05) is 31.8 Å². The molecule has 0 amide bonds. The molecule has 1 unspecified atom stereocenters. The molecule has 2 N–H and O–H groups in total. The summed E-state index contributed by atoms with van der Waals surface area (Å²) in [6.45, 7) is 6.65. The molecule has 0 saturated carbocycles. The molecule has 1 rings (SSSR count). The molecular formula is C12H23N3O. The van der Waals surface area contributed by atoms with Gasteiger partial charge in [0.15, 0.2) is 0 Å². The highest BCUT2D eigenvalue weighted by molar-refractivity contribution is 4.98. The van der Waals surface area contributed by atoms with Crippen molar-refractivity contribution in [1.82, 2.24) is 9.55 Å². The SMILES string of the molecule is CCCCOCCn1cnc(CC(C)N)c1. The zero-order valence-corrected chi connectivity index (χ0v) is 10.4. The normalized spacial score (nSPS) is 12.9. The van der Waals surface area contributed by atoms with Crippen molar-refractivity contribution in [2.24, 2.45) is 5.73 Å². The fourth-order valence-corrected chi connectivity index (χ4v) is 1.48. The Morgan fingerprint density at radius 3 is 3.00 bits per heavy atom. The van der Waals surface area contributed by atoms with Crippen molar-refractivity contribution >= 4 is 0 Å². The van der Waals surface area contributed by atoms with Crippen LogP contribution < -0.4 is 5.73 Å². The van der Waals surface area contributed by atoms with Crippen molar-refractivity contribution in [2.75, 3.05) is 13.2 Å². The largest absolute Gasteiger partial charge is 0.380 e. The molecule has 0 saturated heterocycles. The van der Waals surface area contributed by atoms with Gasteiger partial charge in [-0.1, -0.05) is 13.3 Å². The van der Waals surface area contributed by atoms with Gasteiger partial charge >= 0.3 is 0 Å². The first-order valence-electron chi connectivity index (χ1n) is 6.06. The van der Waals surface area contributed by atoms with Gasteiger partial charge in [-0.3, -0.25) is 0 Å². The van der Waals surface area contributed by atoms with Crippen molar-refractivity contribution in [3.63, 3.8) is 0 Å². The van der Waals surface area contributed by atoms with E-state index in [1.165, 1.54) is 6.42 Å². The van der Waals surface area contributed by atoms with Gasteiger partial charge in [0.05, 0.1) is 18.6 Å². The number of nitrogens with zero attached hydrogens (tertiary/aromatic N) is 2. The average molecular weight is 225 g/mol. The predicted octanol–water partition coefficient (Wildman–Crippen LogP) is 1.59. The second kappa shape index (κ2) is 7.41. The maximum Gasteiger partial charge on any atom is 0.0950 e. The number of hydrogen-bond acceptors (Lipinski definition) is 3. The fourth-order valence-electron chi connectivity index (χ4n) is 1.48. The van der Waals surface area contributed by atoms with E-state index in [9.17, 15) is 0 Å². The van der Waals surface area contributed by atoms with Crippen LogP contribution in [0.15, 0.2) is 12.5 Å². The second-order valence-corrected chi connectivity index (χ2v) is 4.25. The van der Waals surface area contributed by atoms with Crippen LogP contribution in [0.4, 0.5) is 0 Å². The van der Waals surface area contributed by atoms with E-state index in [1.54, 1.807) is 0 Å². The summed E-state index contributed by atoms with van der Waals surface area (Å²) in [4.78, 5) is 4.30. The van der Waals surface area contributed by atoms with Gasteiger partial charge in [-0.25, -0.2) is 4.98 Å². The molecule has 16 heavy (non-hydrogen) atoms. The molecule has 0 aliphatic carbocycles. The molecular weight excluding hydrogens is 202 g/mol. The molecule has 0 spiro atoms. The standard InChI is InChI=1S/C12H23N3O/c1-3-4-6-16-7-5-15-9-12(14-10-15)8-11(2)13/h9-11H,3-8,13H2,1-2H3. The minimum Gasteiger partial charge on any atom is -0.380 e. The molecule has 0 aliphatic heterocycles. The number of nitrogens with two attached hydrogens (primary N) is 1. The topological polar surface area (TPSA) is 53.1 Å². The molecule has 1 aromatic rings. The van der Waals surface area contributed by atoms with Gasteiger partial charge < -0.3 is 15.0 Å². The summed E-state index contributed by atoms with van der Waals surface area (Å²) in [5.41, 5.74) is 6.77. The van der Waals surface area contributed by atoms with Crippen molar-refractivity contribution in [3.05, 3.63) is 18.2 Å². The lowest BCUT2D eigenvalue weighted by molar-refractivity contribution is 0.123.